The van der Waals surface area contributed by atoms with Crippen LogP contribution >= 0.6 is 0 Å². The summed E-state index contributed by atoms with van der Waals surface area (Å²) in [5.41, 5.74) is 3.24. The molecule has 0 radical (unpaired) electrons. The number of aliphatic hydroxyl groups excluding tert-OH is 1. The summed E-state index contributed by atoms with van der Waals surface area (Å²) < 4.78 is 0. The molecule has 0 aromatic carbocycles. The van der Waals surface area contributed by atoms with E-state index in [9.17, 15) is 0 Å². The molecule has 1 nitrogen and oxygen atoms in total. The van der Waals surface area contributed by atoms with Crippen molar-refractivity contribution in [3.63, 3.8) is 0 Å². The molecule has 3 aliphatic rings. The Balaban J connectivity index is 1.77. The molecule has 0 bridgehead atoms. The summed E-state index contributed by atoms with van der Waals surface area (Å²) in [6.07, 6.45) is 6.19. The molecule has 2 fully saturated rings. The molecule has 3 rings (SSSR count). The molecular formula is C15H22O. The molecule has 5 unspecified atom stereocenters. The van der Waals surface area contributed by atoms with E-state index in [1.807, 2.05) is 0 Å². The Kier molecular flexibility index (Phi) is 2.13. The van der Waals surface area contributed by atoms with Crippen LogP contribution in [0.25, 0.3) is 0 Å². The molecule has 0 aromatic rings. The Bertz CT molecular complexity index is 368. The van der Waals surface area contributed by atoms with Gasteiger partial charge in [-0.25, -0.2) is 0 Å². The minimum absolute atomic E-state index is 0.285. The van der Waals surface area contributed by atoms with E-state index in [-0.39, 0.29) is 6.61 Å². The second kappa shape index (κ2) is 3.22. The number of hydrogen-bond donors (Lipinski definition) is 1. The van der Waals surface area contributed by atoms with Gasteiger partial charge < -0.3 is 5.11 Å². The van der Waals surface area contributed by atoms with E-state index in [1.54, 1.807) is 0 Å². The zero-order chi connectivity index (χ0) is 11.5. The molecule has 0 amide bonds. The summed E-state index contributed by atoms with van der Waals surface area (Å²) >= 11 is 0. The monoisotopic (exact) mass is 218 g/mol. The second-order valence-electron chi connectivity index (χ2n) is 6.31. The fourth-order valence-electron chi connectivity index (χ4n) is 4.27. The largest absolute Gasteiger partial charge is 0.392 e. The van der Waals surface area contributed by atoms with E-state index < -0.39 is 0 Å². The van der Waals surface area contributed by atoms with Gasteiger partial charge in [-0.2, -0.15) is 0 Å². The molecule has 0 aromatic heterocycles. The smallest absolute Gasteiger partial charge is 0.0644 e. The van der Waals surface area contributed by atoms with Crippen molar-refractivity contribution < 1.29 is 5.11 Å². The van der Waals surface area contributed by atoms with Crippen LogP contribution in [-0.2, 0) is 0 Å². The van der Waals surface area contributed by atoms with E-state index in [0.29, 0.717) is 11.3 Å². The van der Waals surface area contributed by atoms with E-state index >= 15 is 0 Å². The first-order valence-corrected chi connectivity index (χ1v) is 6.57. The third kappa shape index (κ3) is 1.10. The number of rotatable bonds is 2. The Morgan fingerprint density at radius 1 is 1.56 bits per heavy atom. The summed E-state index contributed by atoms with van der Waals surface area (Å²) in [7, 11) is 0. The lowest BCUT2D eigenvalue weighted by atomic mass is 9.46. The van der Waals surface area contributed by atoms with Crippen molar-refractivity contribution >= 4 is 0 Å². The maximum atomic E-state index is 9.14. The molecule has 3 aliphatic carbocycles. The lowest BCUT2D eigenvalue weighted by Gasteiger charge is -2.58. The average Bonchev–Trinajstić information content (AvgIpc) is 2.50. The Morgan fingerprint density at radius 3 is 2.75 bits per heavy atom. The first-order chi connectivity index (χ1) is 7.58. The van der Waals surface area contributed by atoms with Crippen molar-refractivity contribution in [1.29, 1.82) is 0 Å². The van der Waals surface area contributed by atoms with Crippen molar-refractivity contribution in [2.45, 2.75) is 33.1 Å². The fraction of sp³-hybridized carbons (Fsp3) is 0.733. The molecule has 0 heterocycles. The van der Waals surface area contributed by atoms with E-state index in [4.69, 9.17) is 5.11 Å². The molecule has 0 spiro atoms. The van der Waals surface area contributed by atoms with Gasteiger partial charge in [0, 0.05) is 0 Å². The minimum atomic E-state index is 0.285. The maximum Gasteiger partial charge on any atom is 0.0644 e. The van der Waals surface area contributed by atoms with Gasteiger partial charge in [0.1, 0.15) is 0 Å². The molecule has 88 valence electrons. The topological polar surface area (TPSA) is 20.2 Å². The van der Waals surface area contributed by atoms with Crippen molar-refractivity contribution in [3.05, 3.63) is 23.8 Å². The fourth-order valence-corrected chi connectivity index (χ4v) is 4.27. The van der Waals surface area contributed by atoms with E-state index in [1.165, 1.54) is 30.4 Å². The third-order valence-corrected chi connectivity index (χ3v) is 5.94. The highest BCUT2D eigenvalue weighted by Gasteiger charge is 2.57. The standard InChI is InChI=1S/C15H22O/c1-9-4-5-15(3,10(9)2)14-7-12-11(8-16)6-13(12)14/h6,10,12-14,16H,1,4-5,7-8H2,2-3H3. The highest BCUT2D eigenvalue weighted by atomic mass is 16.3. The summed E-state index contributed by atoms with van der Waals surface area (Å²) in [6.45, 7) is 9.31. The Morgan fingerprint density at radius 2 is 2.31 bits per heavy atom. The van der Waals surface area contributed by atoms with Gasteiger partial charge in [-0.05, 0) is 53.9 Å². The lowest BCUT2D eigenvalue weighted by Crippen LogP contribution is -2.52. The zero-order valence-corrected chi connectivity index (χ0v) is 10.4. The number of aliphatic hydroxyl groups is 1. The van der Waals surface area contributed by atoms with Gasteiger partial charge in [0.2, 0.25) is 0 Å². The van der Waals surface area contributed by atoms with Crippen LogP contribution in [0.3, 0.4) is 0 Å². The molecule has 16 heavy (non-hydrogen) atoms. The first-order valence-electron chi connectivity index (χ1n) is 6.57. The Hall–Kier alpha value is -0.560. The number of allylic oxidation sites excluding steroid dienone is 2. The SMILES string of the molecule is C=C1CCC(C)(C2CC3C(CO)=CC32)C1C. The van der Waals surface area contributed by atoms with Gasteiger partial charge in [-0.3, -0.25) is 0 Å². The van der Waals surface area contributed by atoms with Crippen LogP contribution < -0.4 is 0 Å². The van der Waals surface area contributed by atoms with Crippen LogP contribution in [0.15, 0.2) is 23.8 Å². The summed E-state index contributed by atoms with van der Waals surface area (Å²) in [6, 6.07) is 0. The zero-order valence-electron chi connectivity index (χ0n) is 10.4. The second-order valence-corrected chi connectivity index (χ2v) is 6.31. The predicted molar refractivity (Wildman–Crippen MR) is 65.9 cm³/mol. The predicted octanol–water partition coefficient (Wildman–Crippen LogP) is 3.16. The molecule has 0 saturated heterocycles. The number of hydrogen-bond acceptors (Lipinski definition) is 1. The first kappa shape index (κ1) is 10.6. The third-order valence-electron chi connectivity index (χ3n) is 5.94. The minimum Gasteiger partial charge on any atom is -0.392 e. The van der Waals surface area contributed by atoms with Crippen LogP contribution in [0.1, 0.15) is 33.1 Å². The highest BCUT2D eigenvalue weighted by molar-refractivity contribution is 5.32. The van der Waals surface area contributed by atoms with Crippen LogP contribution in [0.4, 0.5) is 0 Å². The lowest BCUT2D eigenvalue weighted by molar-refractivity contribution is -0.0263. The average molecular weight is 218 g/mol. The van der Waals surface area contributed by atoms with Crippen LogP contribution in [-0.4, -0.2) is 11.7 Å². The Labute approximate surface area is 98.2 Å². The van der Waals surface area contributed by atoms with Gasteiger partial charge in [-0.15, -0.1) is 0 Å². The number of fused-ring (bicyclic) bond motifs is 1. The molecule has 1 N–H and O–H groups in total. The molecule has 0 aliphatic heterocycles. The van der Waals surface area contributed by atoms with Gasteiger partial charge in [0.15, 0.2) is 0 Å². The van der Waals surface area contributed by atoms with Crippen molar-refractivity contribution in [3.8, 4) is 0 Å². The van der Waals surface area contributed by atoms with Gasteiger partial charge in [-0.1, -0.05) is 32.1 Å². The summed E-state index contributed by atoms with van der Waals surface area (Å²) in [5, 5.41) is 9.14. The van der Waals surface area contributed by atoms with E-state index in [2.05, 4.69) is 26.5 Å². The van der Waals surface area contributed by atoms with Crippen molar-refractivity contribution in [2.75, 3.05) is 6.61 Å². The summed E-state index contributed by atoms with van der Waals surface area (Å²) in [4.78, 5) is 0. The van der Waals surface area contributed by atoms with Crippen molar-refractivity contribution in [2.24, 2.45) is 29.1 Å². The normalized spacial score (nSPS) is 50.4. The molecule has 1 heteroatoms. The highest BCUT2D eigenvalue weighted by Crippen LogP contribution is 2.64. The van der Waals surface area contributed by atoms with E-state index in [0.717, 1.165) is 17.8 Å². The van der Waals surface area contributed by atoms with Gasteiger partial charge in [0.05, 0.1) is 6.61 Å². The van der Waals surface area contributed by atoms with Crippen LogP contribution in [0.2, 0.25) is 0 Å². The quantitative estimate of drug-likeness (QED) is 0.706. The van der Waals surface area contributed by atoms with Gasteiger partial charge in [0.25, 0.3) is 0 Å². The molecule has 2 saturated carbocycles. The van der Waals surface area contributed by atoms with Crippen LogP contribution in [0, 0.1) is 29.1 Å². The van der Waals surface area contributed by atoms with Gasteiger partial charge >= 0.3 is 0 Å². The van der Waals surface area contributed by atoms with Crippen molar-refractivity contribution in [1.82, 2.24) is 0 Å². The summed E-state index contributed by atoms with van der Waals surface area (Å²) in [5.74, 6) is 3.04. The molecule has 5 atom stereocenters. The van der Waals surface area contributed by atoms with Crippen LogP contribution in [0.5, 0.6) is 0 Å². The molecular weight excluding hydrogens is 196 g/mol. The maximum absolute atomic E-state index is 9.14.